The molecule has 1 aromatic heterocycles. The predicted molar refractivity (Wildman–Crippen MR) is 108 cm³/mol. The van der Waals surface area contributed by atoms with E-state index in [0.29, 0.717) is 27.5 Å². The first-order chi connectivity index (χ1) is 13.0. The Hall–Kier alpha value is -3.36. The summed E-state index contributed by atoms with van der Waals surface area (Å²) in [5.41, 5.74) is 4.84. The summed E-state index contributed by atoms with van der Waals surface area (Å²) in [5.74, 6) is -0.300. The molecule has 2 aromatic carbocycles. The Morgan fingerprint density at radius 2 is 1.93 bits per heavy atom. The molecule has 3 rings (SSSR count). The van der Waals surface area contributed by atoms with E-state index < -0.39 is 0 Å². The largest absolute Gasteiger partial charge is 0.354 e. The number of nitrogens with one attached hydrogen (secondary N) is 2. The van der Waals surface area contributed by atoms with Crippen molar-refractivity contribution in [1.82, 2.24) is 4.98 Å². The Balaban J connectivity index is 1.81. The van der Waals surface area contributed by atoms with Gasteiger partial charge in [-0.2, -0.15) is 5.26 Å². The SMILES string of the molecule is Cc1cc(C)c(NC(=O)c2cncc(Nc3cccc(C#N)c3)c2)c(Cl)c1. The fourth-order valence-electron chi connectivity index (χ4n) is 2.73. The maximum Gasteiger partial charge on any atom is 0.257 e. The lowest BCUT2D eigenvalue weighted by molar-refractivity contribution is 0.102. The second kappa shape index (κ2) is 7.90. The van der Waals surface area contributed by atoms with Crippen LogP contribution in [0.15, 0.2) is 54.9 Å². The smallest absolute Gasteiger partial charge is 0.257 e. The number of halogens is 1. The number of aryl methyl sites for hydroxylation is 2. The molecule has 5 nitrogen and oxygen atoms in total. The third kappa shape index (κ3) is 4.43. The molecule has 2 N–H and O–H groups in total. The second-order valence-electron chi connectivity index (χ2n) is 6.17. The van der Waals surface area contributed by atoms with Crippen LogP contribution in [0.5, 0.6) is 0 Å². The molecule has 27 heavy (non-hydrogen) atoms. The minimum absolute atomic E-state index is 0.300. The maximum absolute atomic E-state index is 12.6. The van der Waals surface area contributed by atoms with Crippen LogP contribution in [0, 0.1) is 25.2 Å². The van der Waals surface area contributed by atoms with E-state index in [9.17, 15) is 4.79 Å². The molecule has 0 atom stereocenters. The fraction of sp³-hybridized carbons (Fsp3) is 0.0952. The topological polar surface area (TPSA) is 77.8 Å². The van der Waals surface area contributed by atoms with Crippen molar-refractivity contribution in [2.75, 3.05) is 10.6 Å². The zero-order valence-electron chi connectivity index (χ0n) is 14.9. The highest BCUT2D eigenvalue weighted by Crippen LogP contribution is 2.28. The lowest BCUT2D eigenvalue weighted by atomic mass is 10.1. The van der Waals surface area contributed by atoms with Gasteiger partial charge in [0.2, 0.25) is 0 Å². The van der Waals surface area contributed by atoms with Crippen molar-refractivity contribution in [2.45, 2.75) is 13.8 Å². The van der Waals surface area contributed by atoms with Crippen LogP contribution < -0.4 is 10.6 Å². The Labute approximate surface area is 162 Å². The quantitative estimate of drug-likeness (QED) is 0.654. The van der Waals surface area contributed by atoms with Crippen LogP contribution in [0.2, 0.25) is 5.02 Å². The fourth-order valence-corrected chi connectivity index (χ4v) is 3.09. The summed E-state index contributed by atoms with van der Waals surface area (Å²) < 4.78 is 0. The molecule has 134 valence electrons. The third-order valence-corrected chi connectivity index (χ3v) is 4.25. The number of carbonyl (C=O) groups is 1. The Morgan fingerprint density at radius 1 is 1.11 bits per heavy atom. The lowest BCUT2D eigenvalue weighted by Gasteiger charge is -2.12. The third-order valence-electron chi connectivity index (χ3n) is 3.95. The molecule has 3 aromatic rings. The summed E-state index contributed by atoms with van der Waals surface area (Å²) in [6.45, 7) is 3.84. The summed E-state index contributed by atoms with van der Waals surface area (Å²) in [5, 5.41) is 15.5. The van der Waals surface area contributed by atoms with E-state index in [2.05, 4.69) is 21.7 Å². The van der Waals surface area contributed by atoms with Crippen LogP contribution in [0.25, 0.3) is 0 Å². The van der Waals surface area contributed by atoms with E-state index in [4.69, 9.17) is 16.9 Å². The molecule has 0 saturated carbocycles. The number of hydrogen-bond donors (Lipinski definition) is 2. The van der Waals surface area contributed by atoms with E-state index in [-0.39, 0.29) is 5.91 Å². The van der Waals surface area contributed by atoms with Crippen molar-refractivity contribution >= 4 is 34.6 Å². The first-order valence-electron chi connectivity index (χ1n) is 8.26. The Kier molecular flexibility index (Phi) is 5.39. The summed E-state index contributed by atoms with van der Waals surface area (Å²) in [6.07, 6.45) is 3.10. The van der Waals surface area contributed by atoms with Crippen LogP contribution in [0.3, 0.4) is 0 Å². The molecule has 0 saturated heterocycles. The minimum atomic E-state index is -0.300. The molecule has 0 aliphatic heterocycles. The Bertz CT molecular complexity index is 1030. The van der Waals surface area contributed by atoms with E-state index in [0.717, 1.165) is 16.8 Å². The van der Waals surface area contributed by atoms with Crippen molar-refractivity contribution in [3.63, 3.8) is 0 Å². The van der Waals surface area contributed by atoms with Gasteiger partial charge >= 0.3 is 0 Å². The average molecular weight is 377 g/mol. The van der Waals surface area contributed by atoms with Crippen molar-refractivity contribution in [3.05, 3.63) is 82.1 Å². The van der Waals surface area contributed by atoms with Gasteiger partial charge in [0.1, 0.15) is 0 Å². The van der Waals surface area contributed by atoms with Gasteiger partial charge in [-0.3, -0.25) is 9.78 Å². The van der Waals surface area contributed by atoms with Gasteiger partial charge in [-0.1, -0.05) is 23.7 Å². The average Bonchev–Trinajstić information content (AvgIpc) is 2.65. The number of pyridine rings is 1. The number of benzene rings is 2. The number of carbonyl (C=O) groups excluding carboxylic acids is 1. The van der Waals surface area contributed by atoms with E-state index >= 15 is 0 Å². The second-order valence-corrected chi connectivity index (χ2v) is 6.58. The number of nitriles is 1. The zero-order valence-corrected chi connectivity index (χ0v) is 15.6. The monoisotopic (exact) mass is 376 g/mol. The molecule has 0 unspecified atom stereocenters. The normalized spacial score (nSPS) is 10.1. The van der Waals surface area contributed by atoms with Crippen LogP contribution >= 0.6 is 11.6 Å². The van der Waals surface area contributed by atoms with Crippen molar-refractivity contribution in [3.8, 4) is 6.07 Å². The van der Waals surface area contributed by atoms with Gasteiger partial charge in [-0.15, -0.1) is 0 Å². The highest BCUT2D eigenvalue weighted by atomic mass is 35.5. The number of anilines is 3. The summed E-state index contributed by atoms with van der Waals surface area (Å²) in [4.78, 5) is 16.8. The first kappa shape index (κ1) is 18.4. The van der Waals surface area contributed by atoms with E-state index in [1.807, 2.05) is 32.0 Å². The number of rotatable bonds is 4. The summed E-state index contributed by atoms with van der Waals surface area (Å²) in [7, 11) is 0. The van der Waals surface area contributed by atoms with Gasteiger partial charge in [0.25, 0.3) is 5.91 Å². The van der Waals surface area contributed by atoms with Gasteiger partial charge in [-0.05, 0) is 55.3 Å². The Morgan fingerprint density at radius 3 is 2.67 bits per heavy atom. The first-order valence-corrected chi connectivity index (χ1v) is 8.64. The molecule has 1 heterocycles. The minimum Gasteiger partial charge on any atom is -0.354 e. The molecule has 0 aliphatic carbocycles. The molecular formula is C21H17ClN4O. The molecule has 6 heteroatoms. The molecule has 0 radical (unpaired) electrons. The van der Waals surface area contributed by atoms with Gasteiger partial charge in [-0.25, -0.2) is 0 Å². The number of hydrogen-bond acceptors (Lipinski definition) is 4. The van der Waals surface area contributed by atoms with Crippen LogP contribution in [0.4, 0.5) is 17.1 Å². The molecule has 0 spiro atoms. The van der Waals surface area contributed by atoms with Gasteiger partial charge < -0.3 is 10.6 Å². The maximum atomic E-state index is 12.6. The van der Waals surface area contributed by atoms with Gasteiger partial charge in [0.05, 0.1) is 39.8 Å². The zero-order chi connectivity index (χ0) is 19.4. The number of amides is 1. The van der Waals surface area contributed by atoms with E-state index in [1.165, 1.54) is 6.20 Å². The lowest BCUT2D eigenvalue weighted by Crippen LogP contribution is -2.14. The molecule has 1 amide bonds. The number of aromatic nitrogens is 1. The van der Waals surface area contributed by atoms with Crippen LogP contribution in [-0.4, -0.2) is 10.9 Å². The predicted octanol–water partition coefficient (Wildman–Crippen LogP) is 5.22. The standard InChI is InChI=1S/C21H17ClN4O/c1-13-6-14(2)20(19(22)7-13)26-21(27)16-9-18(12-24-11-16)25-17-5-3-4-15(8-17)10-23/h3-9,11-12,25H,1-2H3,(H,26,27). The highest BCUT2D eigenvalue weighted by molar-refractivity contribution is 6.34. The van der Waals surface area contributed by atoms with Gasteiger partial charge in [0, 0.05) is 11.9 Å². The van der Waals surface area contributed by atoms with Crippen LogP contribution in [0.1, 0.15) is 27.0 Å². The van der Waals surface area contributed by atoms with Crippen LogP contribution in [-0.2, 0) is 0 Å². The molecular weight excluding hydrogens is 360 g/mol. The van der Waals surface area contributed by atoms with Crippen molar-refractivity contribution in [1.29, 1.82) is 5.26 Å². The molecule has 0 fully saturated rings. The highest BCUT2D eigenvalue weighted by Gasteiger charge is 2.12. The summed E-state index contributed by atoms with van der Waals surface area (Å²) in [6, 6.07) is 14.6. The van der Waals surface area contributed by atoms with E-state index in [1.54, 1.807) is 30.5 Å². The summed E-state index contributed by atoms with van der Waals surface area (Å²) >= 11 is 6.26. The van der Waals surface area contributed by atoms with Gasteiger partial charge in [0.15, 0.2) is 0 Å². The number of nitrogens with zero attached hydrogens (tertiary/aromatic N) is 2. The molecule has 0 aliphatic rings. The van der Waals surface area contributed by atoms with Crippen molar-refractivity contribution in [2.24, 2.45) is 0 Å². The molecule has 0 bridgehead atoms. The van der Waals surface area contributed by atoms with Crippen molar-refractivity contribution < 1.29 is 4.79 Å².